The van der Waals surface area contributed by atoms with Crippen molar-refractivity contribution in [1.29, 1.82) is 0 Å². The number of amides is 1. The van der Waals surface area contributed by atoms with Crippen LogP contribution in [0, 0.1) is 5.92 Å². The third-order valence-corrected chi connectivity index (χ3v) is 5.87. The van der Waals surface area contributed by atoms with Crippen LogP contribution in [0.2, 0.25) is 0 Å². The maximum Gasteiger partial charge on any atom is 0.272 e. The third-order valence-electron chi connectivity index (χ3n) is 5.87. The van der Waals surface area contributed by atoms with Gasteiger partial charge in [0.1, 0.15) is 5.69 Å². The summed E-state index contributed by atoms with van der Waals surface area (Å²) in [7, 11) is 1.85. The maximum absolute atomic E-state index is 13.0. The molecule has 3 fully saturated rings. The zero-order chi connectivity index (χ0) is 17.9. The Morgan fingerprint density at radius 2 is 1.96 bits per heavy atom. The van der Waals surface area contributed by atoms with Gasteiger partial charge in [0.25, 0.3) is 5.91 Å². The minimum Gasteiger partial charge on any atom is -0.333 e. The number of nitrogens with zero attached hydrogens (tertiary/aromatic N) is 4. The van der Waals surface area contributed by atoms with Crippen molar-refractivity contribution in [2.75, 3.05) is 26.2 Å². The molecular formula is C21H28N4O. The van der Waals surface area contributed by atoms with Crippen molar-refractivity contribution >= 4 is 5.91 Å². The molecule has 26 heavy (non-hydrogen) atoms. The Bertz CT molecular complexity index is 741. The summed E-state index contributed by atoms with van der Waals surface area (Å²) < 4.78 is 1.69. The number of hydrogen-bond donors (Lipinski definition) is 0. The Morgan fingerprint density at radius 1 is 1.12 bits per heavy atom. The van der Waals surface area contributed by atoms with Gasteiger partial charge in [0.2, 0.25) is 0 Å². The van der Waals surface area contributed by atoms with Crippen LogP contribution < -0.4 is 0 Å². The van der Waals surface area contributed by atoms with E-state index < -0.39 is 0 Å². The van der Waals surface area contributed by atoms with Gasteiger partial charge in [-0.15, -0.1) is 0 Å². The Morgan fingerprint density at radius 3 is 2.73 bits per heavy atom. The van der Waals surface area contributed by atoms with E-state index in [1.165, 1.54) is 18.4 Å². The van der Waals surface area contributed by atoms with Gasteiger partial charge in [0, 0.05) is 38.9 Å². The van der Waals surface area contributed by atoms with E-state index in [2.05, 4.69) is 45.2 Å². The average Bonchev–Trinajstić information content (AvgIpc) is 2.89. The van der Waals surface area contributed by atoms with Crippen LogP contribution in [0.5, 0.6) is 0 Å². The van der Waals surface area contributed by atoms with E-state index in [1.54, 1.807) is 10.9 Å². The number of piperidine rings is 1. The van der Waals surface area contributed by atoms with Crippen LogP contribution in [0.1, 0.15) is 35.3 Å². The molecule has 0 spiro atoms. The van der Waals surface area contributed by atoms with Gasteiger partial charge in [0.15, 0.2) is 0 Å². The first-order valence-corrected chi connectivity index (χ1v) is 9.76. The SMILES string of the molecule is Cn1nccc1C(=O)N1C[C@H]2CC[C@@H]1CN(CCCc1ccccc1)C2. The molecule has 2 bridgehead atoms. The summed E-state index contributed by atoms with van der Waals surface area (Å²) in [5, 5.41) is 4.16. The highest BCUT2D eigenvalue weighted by molar-refractivity contribution is 5.92. The molecule has 3 aliphatic heterocycles. The van der Waals surface area contributed by atoms with Crippen molar-refractivity contribution < 1.29 is 4.79 Å². The highest BCUT2D eigenvalue weighted by Gasteiger charge is 2.37. The van der Waals surface area contributed by atoms with E-state index in [9.17, 15) is 4.79 Å². The van der Waals surface area contributed by atoms with Crippen LogP contribution in [0.15, 0.2) is 42.6 Å². The zero-order valence-electron chi connectivity index (χ0n) is 15.6. The fraction of sp³-hybridized carbons (Fsp3) is 0.524. The first-order chi connectivity index (χ1) is 12.7. The molecule has 0 saturated carbocycles. The Labute approximate surface area is 155 Å². The molecule has 5 rings (SSSR count). The minimum atomic E-state index is 0.144. The lowest BCUT2D eigenvalue weighted by Crippen LogP contribution is -2.47. The van der Waals surface area contributed by atoms with E-state index in [1.807, 2.05) is 13.1 Å². The largest absolute Gasteiger partial charge is 0.333 e. The van der Waals surface area contributed by atoms with Gasteiger partial charge in [-0.25, -0.2) is 0 Å². The quantitative estimate of drug-likeness (QED) is 0.831. The molecule has 3 saturated heterocycles. The molecule has 0 aliphatic carbocycles. The number of carbonyl (C=O) groups is 1. The van der Waals surface area contributed by atoms with Gasteiger partial charge in [-0.1, -0.05) is 30.3 Å². The predicted molar refractivity (Wildman–Crippen MR) is 102 cm³/mol. The standard InChI is InChI=1S/C21H28N4O/c1-23-20(11-12-22-23)21(26)25-15-18-9-10-19(25)16-24(14-18)13-5-8-17-6-3-2-4-7-17/h2-4,6-7,11-12,18-19H,5,8-10,13-16H2,1H3/t18-,19+/m0/s1. The van der Waals surface area contributed by atoms with Gasteiger partial charge in [0.05, 0.1) is 0 Å². The number of benzene rings is 1. The lowest BCUT2D eigenvalue weighted by Gasteiger charge is -2.36. The summed E-state index contributed by atoms with van der Waals surface area (Å²) in [4.78, 5) is 17.7. The minimum absolute atomic E-state index is 0.144. The molecule has 2 aromatic rings. The molecule has 2 atom stereocenters. The zero-order valence-corrected chi connectivity index (χ0v) is 15.6. The second-order valence-corrected chi connectivity index (χ2v) is 7.74. The number of carbonyl (C=O) groups excluding carboxylic acids is 1. The van der Waals surface area contributed by atoms with Crippen LogP contribution in [0.25, 0.3) is 0 Å². The van der Waals surface area contributed by atoms with Crippen molar-refractivity contribution in [1.82, 2.24) is 19.6 Å². The van der Waals surface area contributed by atoms with E-state index in [-0.39, 0.29) is 5.91 Å². The number of fused-ring (bicyclic) bond motifs is 4. The van der Waals surface area contributed by atoms with Crippen molar-refractivity contribution in [3.8, 4) is 0 Å². The Hall–Kier alpha value is -2.14. The molecule has 0 N–H and O–H groups in total. The summed E-state index contributed by atoms with van der Waals surface area (Å²) in [5.74, 6) is 0.744. The van der Waals surface area contributed by atoms with Crippen LogP contribution in [-0.2, 0) is 13.5 Å². The Balaban J connectivity index is 1.37. The first kappa shape index (κ1) is 17.3. The van der Waals surface area contributed by atoms with Gasteiger partial charge in [-0.3, -0.25) is 9.48 Å². The first-order valence-electron chi connectivity index (χ1n) is 9.76. The normalized spacial score (nSPS) is 23.2. The van der Waals surface area contributed by atoms with Crippen molar-refractivity contribution in [2.24, 2.45) is 13.0 Å². The predicted octanol–water partition coefficient (Wildman–Crippen LogP) is 2.59. The molecule has 1 aromatic carbocycles. The van der Waals surface area contributed by atoms with Crippen molar-refractivity contribution in [3.05, 3.63) is 53.9 Å². The number of hydrogen-bond acceptors (Lipinski definition) is 3. The number of rotatable bonds is 5. The van der Waals surface area contributed by atoms with Crippen molar-refractivity contribution in [3.63, 3.8) is 0 Å². The summed E-state index contributed by atoms with van der Waals surface area (Å²) >= 11 is 0. The number of aromatic nitrogens is 2. The summed E-state index contributed by atoms with van der Waals surface area (Å²) in [5.41, 5.74) is 2.12. The second kappa shape index (κ2) is 7.62. The smallest absolute Gasteiger partial charge is 0.272 e. The lowest BCUT2D eigenvalue weighted by atomic mass is 9.94. The van der Waals surface area contributed by atoms with E-state index in [4.69, 9.17) is 0 Å². The Kier molecular flexibility index (Phi) is 5.07. The maximum atomic E-state index is 13.0. The van der Waals surface area contributed by atoms with Crippen molar-refractivity contribution in [2.45, 2.75) is 31.7 Å². The monoisotopic (exact) mass is 352 g/mol. The van der Waals surface area contributed by atoms with E-state index >= 15 is 0 Å². The molecule has 5 heteroatoms. The number of aryl methyl sites for hydroxylation is 2. The molecule has 4 heterocycles. The molecule has 1 aromatic heterocycles. The molecule has 0 radical (unpaired) electrons. The highest BCUT2D eigenvalue weighted by atomic mass is 16.2. The molecule has 0 unspecified atom stereocenters. The molecule has 5 nitrogen and oxygen atoms in total. The van der Waals surface area contributed by atoms with E-state index in [0.717, 1.165) is 39.0 Å². The topological polar surface area (TPSA) is 41.4 Å². The molecule has 1 amide bonds. The van der Waals surface area contributed by atoms with Gasteiger partial charge < -0.3 is 9.80 Å². The van der Waals surface area contributed by atoms with Gasteiger partial charge >= 0.3 is 0 Å². The van der Waals surface area contributed by atoms with Gasteiger partial charge in [-0.05, 0) is 49.8 Å². The summed E-state index contributed by atoms with van der Waals surface area (Å²) in [6.07, 6.45) is 6.39. The fourth-order valence-corrected chi connectivity index (χ4v) is 4.49. The van der Waals surface area contributed by atoms with Crippen LogP contribution in [0.4, 0.5) is 0 Å². The van der Waals surface area contributed by atoms with Gasteiger partial charge in [-0.2, -0.15) is 5.10 Å². The summed E-state index contributed by atoms with van der Waals surface area (Å²) in [6, 6.07) is 12.9. The highest BCUT2D eigenvalue weighted by Crippen LogP contribution is 2.29. The molecule has 138 valence electrons. The average molecular weight is 352 g/mol. The fourth-order valence-electron chi connectivity index (χ4n) is 4.49. The molecule has 3 aliphatic rings. The van der Waals surface area contributed by atoms with Crippen LogP contribution in [-0.4, -0.2) is 57.7 Å². The van der Waals surface area contributed by atoms with Crippen LogP contribution >= 0.6 is 0 Å². The van der Waals surface area contributed by atoms with E-state index in [0.29, 0.717) is 17.7 Å². The van der Waals surface area contributed by atoms with Crippen LogP contribution in [0.3, 0.4) is 0 Å². The third kappa shape index (κ3) is 3.68. The lowest BCUT2D eigenvalue weighted by molar-refractivity contribution is 0.0574. The summed E-state index contributed by atoms with van der Waals surface area (Å²) in [6.45, 7) is 4.15. The second-order valence-electron chi connectivity index (χ2n) is 7.74. The molecular weight excluding hydrogens is 324 g/mol.